The molecule has 0 aromatic heterocycles. The third-order valence-corrected chi connectivity index (χ3v) is 6.05. The van der Waals surface area contributed by atoms with Gasteiger partial charge in [0.15, 0.2) is 0 Å². The molecule has 1 heterocycles. The van der Waals surface area contributed by atoms with E-state index in [0.717, 1.165) is 4.90 Å². The zero-order valence-corrected chi connectivity index (χ0v) is 16.3. The maximum absolute atomic E-state index is 13.0. The second kappa shape index (κ2) is 9.14. The van der Waals surface area contributed by atoms with Gasteiger partial charge < -0.3 is 15.0 Å². The third kappa shape index (κ3) is 5.17. The predicted octanol–water partition coefficient (Wildman–Crippen LogP) is 3.47. The molecule has 2 aromatic carbocycles. The van der Waals surface area contributed by atoms with E-state index >= 15 is 0 Å². The second-order valence-electron chi connectivity index (χ2n) is 5.84. The van der Waals surface area contributed by atoms with Gasteiger partial charge >= 0.3 is 0 Å². The van der Waals surface area contributed by atoms with Crippen molar-refractivity contribution in [2.24, 2.45) is 0 Å². The lowest BCUT2D eigenvalue weighted by atomic mass is 10.2. The Kier molecular flexibility index (Phi) is 6.63. The lowest BCUT2D eigenvalue weighted by molar-refractivity contribution is -0.134. The highest BCUT2D eigenvalue weighted by atomic mass is 32.2. The number of thioether (sulfide) groups is 2. The fraction of sp³-hybridized carbons (Fsp3) is 0.263. The summed E-state index contributed by atoms with van der Waals surface area (Å²) >= 11 is 2.89. The Balaban J connectivity index is 1.57. The number of nitrogens with zero attached hydrogens (tertiary/aromatic N) is 1. The van der Waals surface area contributed by atoms with Gasteiger partial charge in [0.05, 0.1) is 18.7 Å². The van der Waals surface area contributed by atoms with E-state index in [2.05, 4.69) is 5.32 Å². The number of hydrogen-bond acceptors (Lipinski definition) is 5. The van der Waals surface area contributed by atoms with E-state index < -0.39 is 6.04 Å². The standard InChI is InChI=1S/C19H19FN2O3S2/c1-25-15-6-4-14(5-7-15)21-19(24)17-10-26-12-22(17)18(23)11-27-16-8-2-13(20)3-9-16/h2-9,17H,10-12H2,1H3,(H,21,24). The Morgan fingerprint density at radius 2 is 1.93 bits per heavy atom. The average Bonchev–Trinajstić information content (AvgIpc) is 3.18. The van der Waals surface area contributed by atoms with Crippen molar-refractivity contribution in [1.29, 1.82) is 0 Å². The monoisotopic (exact) mass is 406 g/mol. The van der Waals surface area contributed by atoms with Gasteiger partial charge in [-0.3, -0.25) is 9.59 Å². The number of amides is 2. The van der Waals surface area contributed by atoms with Crippen LogP contribution < -0.4 is 10.1 Å². The summed E-state index contributed by atoms with van der Waals surface area (Å²) in [5.41, 5.74) is 0.658. The van der Waals surface area contributed by atoms with Crippen molar-refractivity contribution in [1.82, 2.24) is 4.90 Å². The smallest absolute Gasteiger partial charge is 0.248 e. The van der Waals surface area contributed by atoms with Gasteiger partial charge in [-0.05, 0) is 48.5 Å². The Morgan fingerprint density at radius 1 is 1.22 bits per heavy atom. The number of benzene rings is 2. The maximum Gasteiger partial charge on any atom is 0.248 e. The highest BCUT2D eigenvalue weighted by Gasteiger charge is 2.34. The Morgan fingerprint density at radius 3 is 2.59 bits per heavy atom. The van der Waals surface area contributed by atoms with Crippen LogP contribution in [0.5, 0.6) is 5.75 Å². The molecule has 142 valence electrons. The van der Waals surface area contributed by atoms with Crippen LogP contribution in [0.1, 0.15) is 0 Å². The minimum absolute atomic E-state index is 0.107. The lowest BCUT2D eigenvalue weighted by Crippen LogP contribution is -2.45. The molecule has 0 bridgehead atoms. The van der Waals surface area contributed by atoms with Crippen LogP contribution in [0, 0.1) is 5.82 Å². The molecule has 1 saturated heterocycles. The quantitative estimate of drug-likeness (QED) is 0.745. The van der Waals surface area contributed by atoms with Crippen LogP contribution in [0.2, 0.25) is 0 Å². The first-order valence-electron chi connectivity index (χ1n) is 8.27. The normalized spacial score (nSPS) is 16.2. The first kappa shape index (κ1) is 19.6. The first-order valence-corrected chi connectivity index (χ1v) is 10.4. The molecule has 0 spiro atoms. The Bertz CT molecular complexity index is 800. The highest BCUT2D eigenvalue weighted by molar-refractivity contribution is 8.00. The van der Waals surface area contributed by atoms with Crippen LogP contribution >= 0.6 is 23.5 Å². The van der Waals surface area contributed by atoms with Crippen molar-refractivity contribution in [2.45, 2.75) is 10.9 Å². The molecule has 1 fully saturated rings. The van der Waals surface area contributed by atoms with Gasteiger partial charge in [0, 0.05) is 16.3 Å². The maximum atomic E-state index is 13.0. The minimum atomic E-state index is -0.501. The van der Waals surface area contributed by atoms with Crippen LogP contribution in [0.15, 0.2) is 53.4 Å². The number of ether oxygens (including phenoxy) is 1. The van der Waals surface area contributed by atoms with Crippen molar-refractivity contribution >= 4 is 41.0 Å². The molecular formula is C19H19FN2O3S2. The third-order valence-electron chi connectivity index (χ3n) is 4.04. The van der Waals surface area contributed by atoms with E-state index in [4.69, 9.17) is 4.74 Å². The molecule has 1 unspecified atom stereocenters. The van der Waals surface area contributed by atoms with Crippen molar-refractivity contribution in [3.8, 4) is 5.75 Å². The molecule has 0 radical (unpaired) electrons. The second-order valence-corrected chi connectivity index (χ2v) is 7.89. The summed E-state index contributed by atoms with van der Waals surface area (Å²) in [6.45, 7) is 0. The Labute approximate surface area is 165 Å². The molecular weight excluding hydrogens is 387 g/mol. The number of nitrogens with one attached hydrogen (secondary N) is 1. The number of anilines is 1. The Hall–Kier alpha value is -2.19. The van der Waals surface area contributed by atoms with E-state index in [9.17, 15) is 14.0 Å². The topological polar surface area (TPSA) is 58.6 Å². The molecule has 0 aliphatic carbocycles. The summed E-state index contributed by atoms with van der Waals surface area (Å²) in [7, 11) is 1.58. The van der Waals surface area contributed by atoms with E-state index in [1.54, 1.807) is 60.2 Å². The summed E-state index contributed by atoms with van der Waals surface area (Å²) in [6.07, 6.45) is 0. The van der Waals surface area contributed by atoms with Gasteiger partial charge in [0.1, 0.15) is 17.6 Å². The number of carbonyl (C=O) groups is 2. The predicted molar refractivity (Wildman–Crippen MR) is 107 cm³/mol. The molecule has 1 atom stereocenters. The molecule has 2 aromatic rings. The van der Waals surface area contributed by atoms with Crippen molar-refractivity contribution < 1.29 is 18.7 Å². The van der Waals surface area contributed by atoms with Gasteiger partial charge in [0.2, 0.25) is 11.8 Å². The summed E-state index contributed by atoms with van der Waals surface area (Å²) in [6, 6.07) is 12.6. The zero-order chi connectivity index (χ0) is 19.2. The fourth-order valence-corrected chi connectivity index (χ4v) is 4.53. The van der Waals surface area contributed by atoms with Gasteiger partial charge in [0.25, 0.3) is 0 Å². The number of rotatable bonds is 6. The SMILES string of the molecule is COc1ccc(NC(=O)C2CSCN2C(=O)CSc2ccc(F)cc2)cc1. The molecule has 1 N–H and O–H groups in total. The molecule has 3 rings (SSSR count). The molecule has 0 saturated carbocycles. The van der Waals surface area contributed by atoms with E-state index in [0.29, 0.717) is 23.1 Å². The van der Waals surface area contributed by atoms with Crippen LogP contribution in [-0.2, 0) is 9.59 Å². The van der Waals surface area contributed by atoms with E-state index in [-0.39, 0.29) is 23.4 Å². The fourth-order valence-electron chi connectivity index (χ4n) is 2.56. The van der Waals surface area contributed by atoms with Crippen LogP contribution in [0.3, 0.4) is 0 Å². The number of hydrogen-bond donors (Lipinski definition) is 1. The van der Waals surface area contributed by atoms with Gasteiger partial charge in [-0.1, -0.05) is 0 Å². The van der Waals surface area contributed by atoms with Gasteiger partial charge in [-0.2, -0.15) is 0 Å². The van der Waals surface area contributed by atoms with Crippen molar-refractivity contribution in [3.05, 3.63) is 54.3 Å². The van der Waals surface area contributed by atoms with Crippen LogP contribution in [-0.4, -0.2) is 47.2 Å². The molecule has 1 aliphatic rings. The average molecular weight is 407 g/mol. The summed E-state index contributed by atoms with van der Waals surface area (Å²) in [5.74, 6) is 1.35. The summed E-state index contributed by atoms with van der Waals surface area (Å²) in [4.78, 5) is 27.6. The molecule has 5 nitrogen and oxygen atoms in total. The first-order chi connectivity index (χ1) is 13.1. The molecule has 27 heavy (non-hydrogen) atoms. The molecule has 2 amide bonds. The highest BCUT2D eigenvalue weighted by Crippen LogP contribution is 2.25. The number of methoxy groups -OCH3 is 1. The van der Waals surface area contributed by atoms with Crippen molar-refractivity contribution in [2.75, 3.05) is 29.8 Å². The summed E-state index contributed by atoms with van der Waals surface area (Å²) < 4.78 is 18.1. The zero-order valence-electron chi connectivity index (χ0n) is 14.7. The van der Waals surface area contributed by atoms with E-state index in [1.165, 1.54) is 23.9 Å². The van der Waals surface area contributed by atoms with Gasteiger partial charge in [-0.25, -0.2) is 4.39 Å². The molecule has 1 aliphatic heterocycles. The summed E-state index contributed by atoms with van der Waals surface area (Å²) in [5, 5.41) is 2.85. The largest absolute Gasteiger partial charge is 0.497 e. The van der Waals surface area contributed by atoms with E-state index in [1.807, 2.05) is 0 Å². The minimum Gasteiger partial charge on any atom is -0.497 e. The number of carbonyl (C=O) groups excluding carboxylic acids is 2. The van der Waals surface area contributed by atoms with Crippen molar-refractivity contribution in [3.63, 3.8) is 0 Å². The number of halogens is 1. The lowest BCUT2D eigenvalue weighted by Gasteiger charge is -2.23. The van der Waals surface area contributed by atoms with Gasteiger partial charge in [-0.15, -0.1) is 23.5 Å². The van der Waals surface area contributed by atoms with Crippen LogP contribution in [0.4, 0.5) is 10.1 Å². The van der Waals surface area contributed by atoms with Crippen LogP contribution in [0.25, 0.3) is 0 Å². The molecule has 8 heteroatoms.